The van der Waals surface area contributed by atoms with Crippen molar-refractivity contribution < 1.29 is 4.79 Å². The highest BCUT2D eigenvalue weighted by Gasteiger charge is 2.24. The molecular weight excluding hydrogens is 390 g/mol. The van der Waals surface area contributed by atoms with Crippen LogP contribution in [0.1, 0.15) is 31.2 Å². The van der Waals surface area contributed by atoms with Gasteiger partial charge in [0, 0.05) is 23.7 Å². The van der Waals surface area contributed by atoms with Gasteiger partial charge in [-0.1, -0.05) is 30.0 Å². The van der Waals surface area contributed by atoms with Crippen LogP contribution in [-0.2, 0) is 11.3 Å². The van der Waals surface area contributed by atoms with Gasteiger partial charge in [-0.05, 0) is 52.3 Å². The summed E-state index contributed by atoms with van der Waals surface area (Å²) >= 11 is 2.89. The first kappa shape index (κ1) is 20.6. The molecule has 0 radical (unpaired) electrons. The number of aromatic nitrogens is 2. The summed E-state index contributed by atoms with van der Waals surface area (Å²) in [7, 11) is 0. The molecule has 3 rings (SSSR count). The summed E-state index contributed by atoms with van der Waals surface area (Å²) in [4.78, 5) is 34.4. The summed E-state index contributed by atoms with van der Waals surface area (Å²) < 4.78 is 1.68. The van der Waals surface area contributed by atoms with Crippen molar-refractivity contribution in [2.45, 2.75) is 51.6 Å². The fraction of sp³-hybridized carbons (Fsp3) is 0.381. The maximum absolute atomic E-state index is 13.1. The number of nitrogens with zero attached hydrogens (tertiary/aromatic N) is 3. The van der Waals surface area contributed by atoms with Gasteiger partial charge in [0.1, 0.15) is 4.83 Å². The molecule has 1 atom stereocenters. The average Bonchev–Trinajstić information content (AvgIpc) is 2.97. The number of carbonyl (C=O) groups is 1. The van der Waals surface area contributed by atoms with Gasteiger partial charge in [-0.2, -0.15) is 0 Å². The molecule has 0 N–H and O–H groups in total. The predicted octanol–water partition coefficient (Wildman–Crippen LogP) is 4.63. The molecule has 2 aromatic heterocycles. The second-order valence-electron chi connectivity index (χ2n) is 6.59. The lowest BCUT2D eigenvalue weighted by molar-refractivity contribution is -0.117. The Balaban J connectivity index is 1.95. The Morgan fingerprint density at radius 2 is 1.93 bits per heavy atom. The minimum atomic E-state index is -0.357. The Kier molecular flexibility index (Phi) is 6.25. The number of thioether (sulfide) groups is 1. The molecule has 0 spiro atoms. The molecule has 0 aliphatic carbocycles. The number of rotatable bonds is 6. The summed E-state index contributed by atoms with van der Waals surface area (Å²) in [5.74, 6) is 0.00856. The highest BCUT2D eigenvalue weighted by Crippen LogP contribution is 2.30. The van der Waals surface area contributed by atoms with Crippen LogP contribution >= 0.6 is 23.1 Å². The van der Waals surface area contributed by atoms with Crippen LogP contribution in [0.4, 0.5) is 5.69 Å². The summed E-state index contributed by atoms with van der Waals surface area (Å²) in [5, 5.41) is 0.947. The summed E-state index contributed by atoms with van der Waals surface area (Å²) in [5.41, 5.74) is 1.86. The van der Waals surface area contributed by atoms with E-state index in [0.29, 0.717) is 23.6 Å². The molecular formula is C21H25N3O2S2. The molecule has 0 aliphatic heterocycles. The number of hydrogen-bond acceptors (Lipinski definition) is 5. The van der Waals surface area contributed by atoms with E-state index in [0.717, 1.165) is 21.0 Å². The molecule has 28 heavy (non-hydrogen) atoms. The monoisotopic (exact) mass is 415 g/mol. The predicted molar refractivity (Wildman–Crippen MR) is 119 cm³/mol. The molecule has 0 bridgehead atoms. The first-order valence-corrected chi connectivity index (χ1v) is 11.1. The first-order valence-electron chi connectivity index (χ1n) is 9.42. The number of thiophene rings is 1. The number of carbonyl (C=O) groups excluding carboxylic acids is 1. The van der Waals surface area contributed by atoms with Gasteiger partial charge in [0.15, 0.2) is 5.16 Å². The van der Waals surface area contributed by atoms with Gasteiger partial charge in [-0.25, -0.2) is 4.98 Å². The van der Waals surface area contributed by atoms with E-state index in [9.17, 15) is 9.59 Å². The highest BCUT2D eigenvalue weighted by molar-refractivity contribution is 8.00. The highest BCUT2D eigenvalue weighted by atomic mass is 32.2. The van der Waals surface area contributed by atoms with Crippen LogP contribution in [0.15, 0.2) is 40.3 Å². The third-order valence-electron chi connectivity index (χ3n) is 4.85. The number of aryl methyl sites for hydroxylation is 2. The van der Waals surface area contributed by atoms with Crippen molar-refractivity contribution in [3.63, 3.8) is 0 Å². The number of para-hydroxylation sites is 1. The van der Waals surface area contributed by atoms with E-state index in [1.807, 2.05) is 65.0 Å². The van der Waals surface area contributed by atoms with E-state index in [2.05, 4.69) is 0 Å². The standard InChI is InChI=1S/C21H25N3O2S2/c1-6-23(16-11-9-8-10-12-16)19(25)15(5)28-21-22-18-17(13(3)14(4)27-18)20(26)24(21)7-2/h8-12,15H,6-7H2,1-5H3. The van der Waals surface area contributed by atoms with E-state index in [1.54, 1.807) is 9.47 Å². The third-order valence-corrected chi connectivity index (χ3v) is 7.03. The van der Waals surface area contributed by atoms with Gasteiger partial charge < -0.3 is 4.90 Å². The lowest BCUT2D eigenvalue weighted by Gasteiger charge is -2.24. The van der Waals surface area contributed by atoms with Gasteiger partial charge in [0.05, 0.1) is 10.6 Å². The Labute approximate surface area is 173 Å². The van der Waals surface area contributed by atoms with Crippen molar-refractivity contribution in [1.82, 2.24) is 9.55 Å². The van der Waals surface area contributed by atoms with Crippen molar-refractivity contribution in [2.24, 2.45) is 0 Å². The lowest BCUT2D eigenvalue weighted by Crippen LogP contribution is -2.37. The quantitative estimate of drug-likeness (QED) is 0.435. The van der Waals surface area contributed by atoms with Crippen LogP contribution < -0.4 is 10.5 Å². The molecule has 1 unspecified atom stereocenters. The topological polar surface area (TPSA) is 55.2 Å². The van der Waals surface area contributed by atoms with Gasteiger partial charge >= 0.3 is 0 Å². The number of fused-ring (bicyclic) bond motifs is 1. The number of anilines is 1. The number of benzene rings is 1. The molecule has 7 heteroatoms. The average molecular weight is 416 g/mol. The van der Waals surface area contributed by atoms with E-state index in [4.69, 9.17) is 4.98 Å². The summed E-state index contributed by atoms with van der Waals surface area (Å²) in [6, 6.07) is 9.65. The van der Waals surface area contributed by atoms with Crippen molar-refractivity contribution in [3.05, 3.63) is 51.1 Å². The second-order valence-corrected chi connectivity index (χ2v) is 9.10. The summed E-state index contributed by atoms with van der Waals surface area (Å²) in [6.45, 7) is 10.9. The maximum Gasteiger partial charge on any atom is 0.263 e. The van der Waals surface area contributed by atoms with Gasteiger partial charge in [-0.15, -0.1) is 11.3 Å². The van der Waals surface area contributed by atoms with Crippen LogP contribution in [-0.4, -0.2) is 27.3 Å². The van der Waals surface area contributed by atoms with Crippen molar-refractivity contribution in [2.75, 3.05) is 11.4 Å². The number of hydrogen-bond donors (Lipinski definition) is 0. The van der Waals surface area contributed by atoms with E-state index in [-0.39, 0.29) is 16.7 Å². The van der Waals surface area contributed by atoms with Gasteiger partial charge in [0.25, 0.3) is 5.56 Å². The van der Waals surface area contributed by atoms with Crippen LogP contribution in [0.3, 0.4) is 0 Å². The zero-order valence-corrected chi connectivity index (χ0v) is 18.5. The minimum Gasteiger partial charge on any atom is -0.312 e. The normalized spacial score (nSPS) is 12.3. The van der Waals surface area contributed by atoms with Crippen LogP contribution in [0.5, 0.6) is 0 Å². The third kappa shape index (κ3) is 3.73. The fourth-order valence-corrected chi connectivity index (χ4v) is 5.28. The summed E-state index contributed by atoms with van der Waals surface area (Å²) in [6.07, 6.45) is 0. The Morgan fingerprint density at radius 1 is 1.25 bits per heavy atom. The molecule has 1 amide bonds. The first-order chi connectivity index (χ1) is 13.4. The van der Waals surface area contributed by atoms with Crippen molar-refractivity contribution in [1.29, 1.82) is 0 Å². The van der Waals surface area contributed by atoms with Crippen LogP contribution in [0.25, 0.3) is 10.2 Å². The molecule has 5 nitrogen and oxygen atoms in total. The fourth-order valence-electron chi connectivity index (χ4n) is 3.18. The lowest BCUT2D eigenvalue weighted by atomic mass is 10.2. The Morgan fingerprint density at radius 3 is 2.54 bits per heavy atom. The molecule has 0 fully saturated rings. The molecule has 0 aliphatic rings. The smallest absolute Gasteiger partial charge is 0.263 e. The second kappa shape index (κ2) is 8.49. The molecule has 2 heterocycles. The molecule has 0 saturated carbocycles. The van der Waals surface area contributed by atoms with Gasteiger partial charge in [-0.3, -0.25) is 14.2 Å². The zero-order valence-electron chi connectivity index (χ0n) is 16.9. The Bertz CT molecular complexity index is 1060. The van der Waals surface area contributed by atoms with Gasteiger partial charge in [0.2, 0.25) is 5.91 Å². The SMILES string of the molecule is CCN(C(=O)C(C)Sc1nc2sc(C)c(C)c2c(=O)n1CC)c1ccccc1. The maximum atomic E-state index is 13.1. The molecule has 0 saturated heterocycles. The van der Waals surface area contributed by atoms with Crippen molar-refractivity contribution >= 4 is 44.9 Å². The molecule has 3 aromatic rings. The van der Waals surface area contributed by atoms with Crippen LogP contribution in [0, 0.1) is 13.8 Å². The largest absolute Gasteiger partial charge is 0.312 e. The Hall–Kier alpha value is -2.12. The zero-order chi connectivity index (χ0) is 20.4. The van der Waals surface area contributed by atoms with Crippen molar-refractivity contribution in [3.8, 4) is 0 Å². The van der Waals surface area contributed by atoms with E-state index in [1.165, 1.54) is 23.1 Å². The van der Waals surface area contributed by atoms with Crippen LogP contribution in [0.2, 0.25) is 0 Å². The molecule has 1 aromatic carbocycles. The molecule has 148 valence electrons. The number of amides is 1. The van der Waals surface area contributed by atoms with E-state index < -0.39 is 0 Å². The minimum absolute atomic E-state index is 0.00856. The van der Waals surface area contributed by atoms with E-state index >= 15 is 0 Å².